The van der Waals surface area contributed by atoms with Crippen LogP contribution in [0.2, 0.25) is 0 Å². The van der Waals surface area contributed by atoms with E-state index in [4.69, 9.17) is 4.84 Å². The van der Waals surface area contributed by atoms with E-state index < -0.39 is 18.3 Å². The predicted octanol–water partition coefficient (Wildman–Crippen LogP) is 3.68. The van der Waals surface area contributed by atoms with Crippen LogP contribution in [0, 0.1) is 6.92 Å². The van der Waals surface area contributed by atoms with Crippen molar-refractivity contribution < 1.29 is 22.7 Å². The number of nitrogens with one attached hydrogen (secondary N) is 1. The molecule has 0 bridgehead atoms. The molecule has 0 unspecified atom stereocenters. The Balaban J connectivity index is 1.53. The van der Waals surface area contributed by atoms with Gasteiger partial charge in [-0.2, -0.15) is 13.2 Å². The van der Waals surface area contributed by atoms with E-state index in [9.17, 15) is 18.0 Å². The predicted molar refractivity (Wildman–Crippen MR) is 118 cm³/mol. The van der Waals surface area contributed by atoms with Gasteiger partial charge in [0.2, 0.25) is 5.88 Å². The van der Waals surface area contributed by atoms with Crippen molar-refractivity contribution in [2.45, 2.75) is 26.3 Å². The van der Waals surface area contributed by atoms with Crippen LogP contribution in [0.15, 0.2) is 65.8 Å². The summed E-state index contributed by atoms with van der Waals surface area (Å²) in [5.41, 5.74) is 2.59. The van der Waals surface area contributed by atoms with Crippen LogP contribution in [-0.4, -0.2) is 32.5 Å². The third-order valence-electron chi connectivity index (χ3n) is 4.81. The van der Waals surface area contributed by atoms with Crippen molar-refractivity contribution >= 4 is 16.7 Å². The number of hydrogen-bond acceptors (Lipinski definition) is 7. The second-order valence-corrected chi connectivity index (χ2v) is 7.37. The minimum atomic E-state index is -4.44. The summed E-state index contributed by atoms with van der Waals surface area (Å²) < 4.78 is 42.6. The van der Waals surface area contributed by atoms with Crippen molar-refractivity contribution in [2.75, 3.05) is 11.9 Å². The summed E-state index contributed by atoms with van der Waals surface area (Å²) in [5, 5.41) is 3.76. The van der Waals surface area contributed by atoms with Crippen molar-refractivity contribution in [1.82, 2.24) is 19.7 Å². The van der Waals surface area contributed by atoms with Gasteiger partial charge in [0.15, 0.2) is 12.3 Å². The van der Waals surface area contributed by atoms with Gasteiger partial charge in [-0.15, -0.1) is 4.73 Å². The van der Waals surface area contributed by atoms with Crippen molar-refractivity contribution in [3.8, 4) is 5.88 Å². The first-order chi connectivity index (χ1) is 16.3. The standard InChI is InChI=1S/C23H20F3N5O3/c1-15-21-18(27-10-17-7-8-19(28-11-17)33-13-23(24,25)26)9-20(32)31(22(21)30-14-29-15)34-12-16-5-3-2-4-6-16/h2-9,11,14,27H,10,12-13H2,1H3. The molecule has 11 heteroatoms. The first kappa shape index (κ1) is 23.0. The second-order valence-electron chi connectivity index (χ2n) is 7.37. The largest absolute Gasteiger partial charge is 0.468 e. The number of nitrogens with zero attached hydrogens (tertiary/aromatic N) is 4. The Hall–Kier alpha value is -4.15. The number of aromatic nitrogens is 4. The van der Waals surface area contributed by atoms with E-state index in [1.807, 2.05) is 30.3 Å². The van der Waals surface area contributed by atoms with Gasteiger partial charge in [-0.25, -0.2) is 15.0 Å². The van der Waals surface area contributed by atoms with Gasteiger partial charge in [0.1, 0.15) is 12.9 Å². The first-order valence-electron chi connectivity index (χ1n) is 10.2. The number of rotatable bonds is 8. The Bertz CT molecular complexity index is 1330. The van der Waals surface area contributed by atoms with Crippen LogP contribution in [0.4, 0.5) is 18.9 Å². The summed E-state index contributed by atoms with van der Waals surface area (Å²) in [6, 6.07) is 13.7. The maximum atomic E-state index is 12.8. The van der Waals surface area contributed by atoms with E-state index >= 15 is 0 Å². The first-order valence-corrected chi connectivity index (χ1v) is 10.2. The van der Waals surface area contributed by atoms with Gasteiger partial charge in [0.05, 0.1) is 16.8 Å². The summed E-state index contributed by atoms with van der Waals surface area (Å²) in [6.07, 6.45) is -1.69. The van der Waals surface area contributed by atoms with Crippen LogP contribution in [0.1, 0.15) is 16.8 Å². The molecule has 34 heavy (non-hydrogen) atoms. The summed E-state index contributed by atoms with van der Waals surface area (Å²) in [7, 11) is 0. The molecule has 0 aliphatic carbocycles. The van der Waals surface area contributed by atoms with E-state index in [1.165, 1.54) is 24.7 Å². The van der Waals surface area contributed by atoms with Gasteiger partial charge in [-0.3, -0.25) is 4.79 Å². The Morgan fingerprint density at radius 1 is 1.03 bits per heavy atom. The third kappa shape index (κ3) is 5.61. The Labute approximate surface area is 192 Å². The molecular formula is C23H20F3N5O3. The molecule has 1 aromatic carbocycles. The molecule has 4 aromatic rings. The van der Waals surface area contributed by atoms with Crippen LogP contribution in [0.5, 0.6) is 5.88 Å². The average Bonchev–Trinajstić information content (AvgIpc) is 2.81. The SMILES string of the molecule is Cc1ncnc2c1c(NCc1ccc(OCC(F)(F)F)nc1)cc(=O)n2OCc1ccccc1. The van der Waals surface area contributed by atoms with E-state index in [2.05, 4.69) is 25.0 Å². The Kier molecular flexibility index (Phi) is 6.62. The van der Waals surface area contributed by atoms with Gasteiger partial charge >= 0.3 is 6.18 Å². The summed E-state index contributed by atoms with van der Waals surface area (Å²) in [5.74, 6) is -0.131. The van der Waals surface area contributed by atoms with E-state index in [0.29, 0.717) is 28.0 Å². The molecule has 0 fully saturated rings. The topological polar surface area (TPSA) is 91.2 Å². The number of fused-ring (bicyclic) bond motifs is 1. The Morgan fingerprint density at radius 2 is 1.82 bits per heavy atom. The highest BCUT2D eigenvalue weighted by molar-refractivity contribution is 5.90. The van der Waals surface area contributed by atoms with Crippen LogP contribution >= 0.6 is 0 Å². The number of hydrogen-bond donors (Lipinski definition) is 1. The fourth-order valence-corrected chi connectivity index (χ4v) is 3.22. The average molecular weight is 471 g/mol. The summed E-state index contributed by atoms with van der Waals surface area (Å²) in [4.78, 5) is 30.9. The lowest BCUT2D eigenvalue weighted by Crippen LogP contribution is -2.28. The fraction of sp³-hybridized carbons (Fsp3) is 0.217. The number of pyridine rings is 2. The molecule has 1 N–H and O–H groups in total. The number of alkyl halides is 3. The van der Waals surface area contributed by atoms with Gasteiger partial charge in [-0.05, 0) is 18.1 Å². The van der Waals surface area contributed by atoms with Gasteiger partial charge in [0, 0.05) is 24.9 Å². The second kappa shape index (κ2) is 9.77. The van der Waals surface area contributed by atoms with Crippen LogP contribution in [-0.2, 0) is 13.2 Å². The normalized spacial score (nSPS) is 11.4. The molecule has 3 heterocycles. The van der Waals surface area contributed by atoms with E-state index in [1.54, 1.807) is 13.0 Å². The molecule has 0 aliphatic rings. The molecule has 176 valence electrons. The van der Waals surface area contributed by atoms with Crippen molar-refractivity contribution in [3.05, 3.63) is 88.2 Å². The lowest BCUT2D eigenvalue weighted by Gasteiger charge is -2.15. The number of aryl methyl sites for hydroxylation is 1. The number of anilines is 1. The molecule has 3 aromatic heterocycles. The van der Waals surface area contributed by atoms with Gasteiger partial charge in [0.25, 0.3) is 5.56 Å². The molecule has 0 saturated carbocycles. The monoisotopic (exact) mass is 471 g/mol. The number of ether oxygens (including phenoxy) is 1. The highest BCUT2D eigenvalue weighted by Gasteiger charge is 2.28. The summed E-state index contributed by atoms with van der Waals surface area (Å²) >= 11 is 0. The minimum absolute atomic E-state index is 0.131. The number of benzene rings is 1. The highest BCUT2D eigenvalue weighted by Crippen LogP contribution is 2.23. The third-order valence-corrected chi connectivity index (χ3v) is 4.81. The quantitative estimate of drug-likeness (QED) is 0.419. The zero-order chi connectivity index (χ0) is 24.1. The molecule has 0 spiro atoms. The number of halogens is 3. The maximum absolute atomic E-state index is 12.8. The zero-order valence-corrected chi connectivity index (χ0v) is 18.0. The molecule has 0 aliphatic heterocycles. The molecule has 4 rings (SSSR count). The molecule has 0 atom stereocenters. The summed E-state index contributed by atoms with van der Waals surface area (Å²) in [6.45, 7) is 0.811. The van der Waals surface area contributed by atoms with Crippen molar-refractivity contribution in [3.63, 3.8) is 0 Å². The smallest absolute Gasteiger partial charge is 0.422 e. The molecule has 0 radical (unpaired) electrons. The van der Waals surface area contributed by atoms with Crippen LogP contribution in [0.25, 0.3) is 11.0 Å². The van der Waals surface area contributed by atoms with Crippen molar-refractivity contribution in [1.29, 1.82) is 0 Å². The van der Waals surface area contributed by atoms with Crippen LogP contribution < -0.4 is 20.5 Å². The van der Waals surface area contributed by atoms with Gasteiger partial charge < -0.3 is 14.9 Å². The zero-order valence-electron chi connectivity index (χ0n) is 18.0. The lowest BCUT2D eigenvalue weighted by atomic mass is 10.2. The van der Waals surface area contributed by atoms with Crippen molar-refractivity contribution in [2.24, 2.45) is 0 Å². The maximum Gasteiger partial charge on any atom is 0.422 e. The van der Waals surface area contributed by atoms with Crippen LogP contribution in [0.3, 0.4) is 0 Å². The molecular weight excluding hydrogens is 451 g/mol. The lowest BCUT2D eigenvalue weighted by molar-refractivity contribution is -0.154. The molecule has 8 nitrogen and oxygen atoms in total. The fourth-order valence-electron chi connectivity index (χ4n) is 3.22. The van der Waals surface area contributed by atoms with Gasteiger partial charge in [-0.1, -0.05) is 36.4 Å². The Morgan fingerprint density at radius 3 is 2.53 bits per heavy atom. The highest BCUT2D eigenvalue weighted by atomic mass is 19.4. The molecule has 0 amide bonds. The minimum Gasteiger partial charge on any atom is -0.468 e. The van der Waals surface area contributed by atoms with E-state index in [-0.39, 0.29) is 19.0 Å². The molecule has 0 saturated heterocycles. The van der Waals surface area contributed by atoms with E-state index in [0.717, 1.165) is 10.3 Å².